The van der Waals surface area contributed by atoms with Crippen LogP contribution >= 0.6 is 23.1 Å². The number of ether oxygens (including phenoxy) is 1. The molecular weight excluding hydrogens is 581 g/mol. The quantitative estimate of drug-likeness (QED) is 0.322. The zero-order chi connectivity index (χ0) is 29.3. The van der Waals surface area contributed by atoms with Crippen LogP contribution in [0.25, 0.3) is 0 Å². The lowest BCUT2D eigenvalue weighted by molar-refractivity contribution is -0.143. The fourth-order valence-corrected chi connectivity index (χ4v) is 10.4. The molecule has 2 N–H and O–H groups in total. The Morgan fingerprint density at radius 3 is 2.40 bits per heavy atom. The molecule has 1 saturated heterocycles. The molecule has 3 heterocycles. The zero-order valence-electron chi connectivity index (χ0n) is 22.4. The Kier molecular flexibility index (Phi) is 6.58. The number of H-pyrrole nitrogens is 1. The van der Waals surface area contributed by atoms with Gasteiger partial charge in [-0.3, -0.25) is 24.1 Å². The molecule has 6 unspecified atom stereocenters. The highest BCUT2D eigenvalue weighted by molar-refractivity contribution is 8.00. The van der Waals surface area contributed by atoms with E-state index >= 15 is 0 Å². The lowest BCUT2D eigenvalue weighted by atomic mass is 9.68. The van der Waals surface area contributed by atoms with Gasteiger partial charge in [0.05, 0.1) is 29.0 Å². The molecule has 12 heteroatoms. The Balaban J connectivity index is 1.12. The molecule has 4 aliphatic rings. The van der Waals surface area contributed by atoms with E-state index in [-0.39, 0.29) is 58.0 Å². The Labute approximate surface area is 247 Å². The van der Waals surface area contributed by atoms with E-state index in [4.69, 9.17) is 4.74 Å². The molecule has 1 aromatic heterocycles. The summed E-state index contributed by atoms with van der Waals surface area (Å²) in [6.45, 7) is 1.57. The molecule has 0 spiro atoms. The first kappa shape index (κ1) is 27.1. The van der Waals surface area contributed by atoms with E-state index in [1.165, 1.54) is 24.3 Å². The van der Waals surface area contributed by atoms with Crippen molar-refractivity contribution in [1.29, 1.82) is 0 Å². The molecule has 7 rings (SSSR count). The molecule has 2 saturated carbocycles. The monoisotopic (exact) mass is 607 g/mol. The van der Waals surface area contributed by atoms with Crippen LogP contribution in [-0.2, 0) is 19.1 Å². The van der Waals surface area contributed by atoms with E-state index in [0.29, 0.717) is 11.3 Å². The number of likely N-dealkylation sites (tertiary alicyclic amines) is 1. The standard InChI is InChI=1S/C30H26FN3O6S2/c1-2-40-29(38)14-5-9-16(10-6-14)32-19(35)12-34-27(36)22-17-11-18(23(22)28(34)37)24-21(17)20(13-3-7-15(31)8-4-13)25-26(41-24)33-30(39)42-25/h3-10,17-18,20-24H,2,11-12H2,1H3,(H,32,35)(H,33,39)/t17?,18?,20-,21?,22?,23?,24?/m1/s1. The maximum Gasteiger partial charge on any atom is 0.338 e. The van der Waals surface area contributed by atoms with Gasteiger partial charge in [0.25, 0.3) is 0 Å². The van der Waals surface area contributed by atoms with Crippen LogP contribution in [-0.4, -0.2) is 52.0 Å². The van der Waals surface area contributed by atoms with Crippen LogP contribution in [0.3, 0.4) is 0 Å². The number of nitrogens with zero attached hydrogens (tertiary/aromatic N) is 1. The highest BCUT2D eigenvalue weighted by atomic mass is 32.2. The van der Waals surface area contributed by atoms with Crippen molar-refractivity contribution in [2.75, 3.05) is 18.5 Å². The van der Waals surface area contributed by atoms with Gasteiger partial charge >= 0.3 is 10.8 Å². The van der Waals surface area contributed by atoms with Gasteiger partial charge in [-0.1, -0.05) is 23.5 Å². The third-order valence-electron chi connectivity index (χ3n) is 9.03. The van der Waals surface area contributed by atoms with Gasteiger partial charge < -0.3 is 15.0 Å². The van der Waals surface area contributed by atoms with Crippen LogP contribution in [0.4, 0.5) is 10.1 Å². The molecule has 7 atom stereocenters. The molecule has 9 nitrogen and oxygen atoms in total. The lowest BCUT2D eigenvalue weighted by Crippen LogP contribution is -2.42. The molecule has 2 aliphatic heterocycles. The maximum absolute atomic E-state index is 13.8. The minimum atomic E-state index is -0.527. The second kappa shape index (κ2) is 10.2. The number of imide groups is 1. The first-order chi connectivity index (χ1) is 20.2. The van der Waals surface area contributed by atoms with Crippen molar-refractivity contribution in [3.63, 3.8) is 0 Å². The summed E-state index contributed by atoms with van der Waals surface area (Å²) in [7, 11) is 0. The number of nitrogens with one attached hydrogen (secondary N) is 2. The van der Waals surface area contributed by atoms with Crippen LogP contribution < -0.4 is 10.2 Å². The SMILES string of the molecule is CCOC(=O)c1ccc(NC(=O)CN2C(=O)C3C4CC(C3C2=O)C2C4Sc3[nH]c(=O)sc3[C@@H]2c2ccc(F)cc2)cc1. The number of hydrogen-bond donors (Lipinski definition) is 2. The van der Waals surface area contributed by atoms with Crippen molar-refractivity contribution >= 4 is 52.5 Å². The average molecular weight is 608 g/mol. The highest BCUT2D eigenvalue weighted by Gasteiger charge is 2.69. The van der Waals surface area contributed by atoms with Crippen molar-refractivity contribution in [3.05, 3.63) is 80.0 Å². The summed E-state index contributed by atoms with van der Waals surface area (Å²) in [5, 5.41) is 3.50. The number of thioether (sulfide) groups is 1. The summed E-state index contributed by atoms with van der Waals surface area (Å²) in [6.07, 6.45) is 0.721. The third-order valence-corrected chi connectivity index (χ3v) is 11.6. The summed E-state index contributed by atoms with van der Waals surface area (Å²) in [4.78, 5) is 69.3. The maximum atomic E-state index is 13.8. The van der Waals surface area contributed by atoms with Crippen LogP contribution in [0.2, 0.25) is 0 Å². The molecule has 3 fully saturated rings. The molecule has 0 radical (unpaired) electrons. The lowest BCUT2D eigenvalue weighted by Gasteiger charge is -2.43. The van der Waals surface area contributed by atoms with Crippen LogP contribution in [0.5, 0.6) is 0 Å². The number of benzene rings is 2. The summed E-state index contributed by atoms with van der Waals surface area (Å²) in [5.74, 6) is -3.39. The summed E-state index contributed by atoms with van der Waals surface area (Å²) >= 11 is 2.72. The number of carbonyl (C=O) groups excluding carboxylic acids is 4. The van der Waals surface area contributed by atoms with Gasteiger partial charge in [-0.25, -0.2) is 9.18 Å². The van der Waals surface area contributed by atoms with E-state index in [0.717, 1.165) is 38.1 Å². The Morgan fingerprint density at radius 2 is 1.71 bits per heavy atom. The summed E-state index contributed by atoms with van der Waals surface area (Å²) in [5.41, 5.74) is 1.66. The van der Waals surface area contributed by atoms with E-state index in [9.17, 15) is 28.4 Å². The molecule has 3 aromatic rings. The number of aromatic amines is 1. The average Bonchev–Trinajstić information content (AvgIpc) is 3.70. The number of amides is 3. The van der Waals surface area contributed by atoms with Crippen LogP contribution in [0.1, 0.15) is 40.1 Å². The van der Waals surface area contributed by atoms with Gasteiger partial charge in [-0.2, -0.15) is 0 Å². The van der Waals surface area contributed by atoms with Gasteiger partial charge in [0, 0.05) is 21.7 Å². The van der Waals surface area contributed by atoms with Gasteiger partial charge in [-0.05, 0) is 73.1 Å². The molecule has 3 amide bonds. The van der Waals surface area contributed by atoms with E-state index in [1.54, 1.807) is 43.0 Å². The third kappa shape index (κ3) is 4.22. The van der Waals surface area contributed by atoms with Gasteiger partial charge in [0.2, 0.25) is 17.7 Å². The number of thiazole rings is 1. The van der Waals surface area contributed by atoms with Crippen molar-refractivity contribution in [2.24, 2.45) is 29.6 Å². The number of hydrogen-bond acceptors (Lipinski definition) is 8. The van der Waals surface area contributed by atoms with Gasteiger partial charge in [0.15, 0.2) is 0 Å². The van der Waals surface area contributed by atoms with Crippen LogP contribution in [0.15, 0.2) is 58.4 Å². The fraction of sp³-hybridized carbons (Fsp3) is 0.367. The Bertz CT molecular complexity index is 1670. The largest absolute Gasteiger partial charge is 0.462 e. The first-order valence-electron chi connectivity index (χ1n) is 13.8. The summed E-state index contributed by atoms with van der Waals surface area (Å²) < 4.78 is 18.8. The number of halogens is 1. The molecule has 216 valence electrons. The minimum Gasteiger partial charge on any atom is -0.462 e. The van der Waals surface area contributed by atoms with E-state index in [1.807, 2.05) is 0 Å². The minimum absolute atomic E-state index is 0.00546. The number of esters is 1. The van der Waals surface area contributed by atoms with Crippen molar-refractivity contribution < 1.29 is 28.3 Å². The molecule has 42 heavy (non-hydrogen) atoms. The van der Waals surface area contributed by atoms with E-state index in [2.05, 4.69) is 10.3 Å². The molecule has 2 aromatic carbocycles. The van der Waals surface area contributed by atoms with Gasteiger partial charge in [-0.15, -0.1) is 11.8 Å². The molecule has 2 bridgehead atoms. The number of rotatable bonds is 6. The topological polar surface area (TPSA) is 126 Å². The van der Waals surface area contributed by atoms with Crippen molar-refractivity contribution in [2.45, 2.75) is 29.5 Å². The zero-order valence-corrected chi connectivity index (χ0v) is 24.0. The smallest absolute Gasteiger partial charge is 0.338 e. The number of carbonyl (C=O) groups is 4. The van der Waals surface area contributed by atoms with Crippen molar-refractivity contribution in [3.8, 4) is 0 Å². The summed E-state index contributed by atoms with van der Waals surface area (Å²) in [6, 6.07) is 12.5. The second-order valence-corrected chi connectivity index (χ2v) is 13.3. The number of fused-ring (bicyclic) bond motifs is 9. The molecule has 2 aliphatic carbocycles. The van der Waals surface area contributed by atoms with Crippen molar-refractivity contribution in [1.82, 2.24) is 9.88 Å². The number of aromatic nitrogens is 1. The normalized spacial score (nSPS) is 28.8. The Hall–Kier alpha value is -3.77. The van der Waals surface area contributed by atoms with Crippen LogP contribution in [0, 0.1) is 35.4 Å². The molecular formula is C30H26FN3O6S2. The first-order valence-corrected chi connectivity index (χ1v) is 15.5. The fourth-order valence-electron chi connectivity index (χ4n) is 7.53. The Morgan fingerprint density at radius 1 is 1.02 bits per heavy atom. The van der Waals surface area contributed by atoms with Gasteiger partial charge in [0.1, 0.15) is 12.4 Å². The predicted molar refractivity (Wildman–Crippen MR) is 153 cm³/mol. The predicted octanol–water partition coefficient (Wildman–Crippen LogP) is 3.86. The second-order valence-electron chi connectivity index (χ2n) is 11.1. The number of anilines is 1. The highest BCUT2D eigenvalue weighted by Crippen LogP contribution is 2.68. The van der Waals surface area contributed by atoms with E-state index < -0.39 is 30.3 Å².